The zero-order valence-corrected chi connectivity index (χ0v) is 12.3. The molecule has 0 radical (unpaired) electrons. The SMILES string of the molecule is C=CCON1C(=O)N2CC1c1scnc1[C@H]2C1=NCC[NH2+]1. The highest BCUT2D eigenvalue weighted by Gasteiger charge is 2.53. The first-order chi connectivity index (χ1) is 10.3. The lowest BCUT2D eigenvalue weighted by atomic mass is 10.0. The summed E-state index contributed by atoms with van der Waals surface area (Å²) in [6.07, 6.45) is 1.64. The first kappa shape index (κ1) is 12.9. The van der Waals surface area contributed by atoms with E-state index in [-0.39, 0.29) is 18.1 Å². The van der Waals surface area contributed by atoms with Gasteiger partial charge in [0.1, 0.15) is 12.6 Å². The van der Waals surface area contributed by atoms with E-state index in [9.17, 15) is 4.79 Å². The number of rotatable bonds is 4. The molecule has 8 heteroatoms. The van der Waals surface area contributed by atoms with Crippen LogP contribution < -0.4 is 5.32 Å². The Balaban J connectivity index is 1.74. The molecule has 2 atom stereocenters. The zero-order chi connectivity index (χ0) is 14.4. The van der Waals surface area contributed by atoms with Crippen molar-refractivity contribution in [2.75, 3.05) is 26.2 Å². The number of amides is 2. The fourth-order valence-corrected chi connectivity index (χ4v) is 4.01. The minimum atomic E-state index is -0.158. The zero-order valence-electron chi connectivity index (χ0n) is 11.4. The number of fused-ring (bicyclic) bond motifs is 4. The summed E-state index contributed by atoms with van der Waals surface area (Å²) >= 11 is 1.58. The van der Waals surface area contributed by atoms with Gasteiger partial charge in [0.05, 0.1) is 35.8 Å². The molecule has 1 unspecified atom stereocenters. The number of urea groups is 1. The Bertz CT molecular complexity index is 628. The van der Waals surface area contributed by atoms with Crippen LogP contribution in [0.25, 0.3) is 0 Å². The summed E-state index contributed by atoms with van der Waals surface area (Å²) in [5, 5.41) is 3.57. The number of carbonyl (C=O) groups is 1. The Morgan fingerprint density at radius 3 is 3.29 bits per heavy atom. The number of hydroxylamine groups is 2. The Labute approximate surface area is 125 Å². The van der Waals surface area contributed by atoms with Gasteiger partial charge in [-0.05, 0) is 0 Å². The van der Waals surface area contributed by atoms with Crippen molar-refractivity contribution in [1.82, 2.24) is 14.9 Å². The van der Waals surface area contributed by atoms with Gasteiger partial charge in [-0.15, -0.1) is 17.9 Å². The number of thiazole rings is 1. The lowest BCUT2D eigenvalue weighted by molar-refractivity contribution is -0.532. The van der Waals surface area contributed by atoms with Crippen molar-refractivity contribution in [3.05, 3.63) is 28.7 Å². The maximum atomic E-state index is 12.6. The van der Waals surface area contributed by atoms with Crippen molar-refractivity contribution >= 4 is 23.2 Å². The summed E-state index contributed by atoms with van der Waals surface area (Å²) in [5.74, 6) is 0.958. The number of aromatic nitrogens is 1. The molecule has 2 N–H and O–H groups in total. The van der Waals surface area contributed by atoms with Gasteiger partial charge in [0.2, 0.25) is 5.84 Å². The fraction of sp³-hybridized carbons (Fsp3) is 0.462. The van der Waals surface area contributed by atoms with Crippen LogP contribution in [-0.4, -0.2) is 53.1 Å². The van der Waals surface area contributed by atoms with Crippen LogP contribution in [-0.2, 0) is 4.84 Å². The van der Waals surface area contributed by atoms with E-state index in [4.69, 9.17) is 4.84 Å². The Morgan fingerprint density at radius 1 is 1.62 bits per heavy atom. The average molecular weight is 306 g/mol. The number of aliphatic imine (C=N–C) groups is 1. The number of amidine groups is 1. The number of quaternary nitrogens is 1. The van der Waals surface area contributed by atoms with Gasteiger partial charge >= 0.3 is 6.03 Å². The number of nitrogens with two attached hydrogens (primary N) is 1. The molecule has 7 nitrogen and oxygen atoms in total. The number of hydrogen-bond donors (Lipinski definition) is 1. The molecule has 2 amide bonds. The monoisotopic (exact) mass is 306 g/mol. The molecule has 1 fully saturated rings. The second kappa shape index (κ2) is 4.90. The highest BCUT2D eigenvalue weighted by molar-refractivity contribution is 7.09. The van der Waals surface area contributed by atoms with Crippen LogP contribution in [0.5, 0.6) is 0 Å². The average Bonchev–Trinajstić information content (AvgIpc) is 3.21. The Hall–Kier alpha value is -1.77. The van der Waals surface area contributed by atoms with E-state index in [0.717, 1.165) is 29.5 Å². The van der Waals surface area contributed by atoms with Gasteiger partial charge < -0.3 is 4.90 Å². The molecule has 21 heavy (non-hydrogen) atoms. The Kier molecular flexibility index (Phi) is 3.02. The molecule has 3 aliphatic rings. The van der Waals surface area contributed by atoms with E-state index in [0.29, 0.717) is 13.2 Å². The van der Waals surface area contributed by atoms with Gasteiger partial charge in [0.25, 0.3) is 0 Å². The normalized spacial score (nSPS) is 27.0. The van der Waals surface area contributed by atoms with Gasteiger partial charge in [-0.2, -0.15) is 5.06 Å². The summed E-state index contributed by atoms with van der Waals surface area (Å²) < 4.78 is 0. The predicted molar refractivity (Wildman–Crippen MR) is 76.8 cm³/mol. The summed E-state index contributed by atoms with van der Waals surface area (Å²) in [4.78, 5) is 30.1. The maximum Gasteiger partial charge on any atom is 0.345 e. The predicted octanol–water partition coefficient (Wildman–Crippen LogP) is 0.0696. The van der Waals surface area contributed by atoms with E-state index < -0.39 is 0 Å². The van der Waals surface area contributed by atoms with Crippen molar-refractivity contribution in [3.8, 4) is 0 Å². The summed E-state index contributed by atoms with van der Waals surface area (Å²) in [7, 11) is 0. The van der Waals surface area contributed by atoms with Crippen LogP contribution in [0.4, 0.5) is 4.79 Å². The van der Waals surface area contributed by atoms with Crippen LogP contribution >= 0.6 is 11.3 Å². The third kappa shape index (κ3) is 1.83. The molecule has 0 saturated carbocycles. The molecule has 0 aliphatic carbocycles. The molecule has 2 bridgehead atoms. The van der Waals surface area contributed by atoms with Crippen LogP contribution in [0.15, 0.2) is 23.2 Å². The number of carbonyl (C=O) groups excluding carboxylic acids is 1. The van der Waals surface area contributed by atoms with Crippen molar-refractivity contribution in [1.29, 1.82) is 0 Å². The maximum absolute atomic E-state index is 12.6. The van der Waals surface area contributed by atoms with Gasteiger partial charge in [0, 0.05) is 0 Å². The highest BCUT2D eigenvalue weighted by Crippen LogP contribution is 2.45. The molecule has 1 aromatic heterocycles. The molecule has 110 valence electrons. The third-order valence-corrected chi connectivity index (χ3v) is 4.92. The quantitative estimate of drug-likeness (QED) is 0.800. The molecule has 4 rings (SSSR count). The first-order valence-electron chi connectivity index (χ1n) is 6.95. The molecule has 4 heterocycles. The second-order valence-corrected chi connectivity index (χ2v) is 6.05. The highest BCUT2D eigenvalue weighted by atomic mass is 32.1. The van der Waals surface area contributed by atoms with Gasteiger partial charge in [-0.25, -0.2) is 14.8 Å². The van der Waals surface area contributed by atoms with E-state index >= 15 is 0 Å². The standard InChI is InChI=1S/C13H15N5O2S/c1-2-5-20-18-8-6-17(13(18)19)10(12-14-3-4-15-12)9-11(8)21-7-16-9/h2,7-8,10H,1,3-6H2,(H,14,15)/p+1/t8?,10-/m0/s1. The molecule has 1 saturated heterocycles. The largest absolute Gasteiger partial charge is 0.345 e. The van der Waals surface area contributed by atoms with Gasteiger partial charge in [-0.1, -0.05) is 6.08 Å². The summed E-state index contributed by atoms with van der Waals surface area (Å²) in [6.45, 7) is 6.32. The molecule has 0 spiro atoms. The minimum absolute atomic E-state index is 0.0711. The van der Waals surface area contributed by atoms with E-state index in [2.05, 4.69) is 21.9 Å². The molecule has 3 aliphatic heterocycles. The van der Waals surface area contributed by atoms with E-state index in [1.165, 1.54) is 5.06 Å². The van der Waals surface area contributed by atoms with Crippen LogP contribution in [0.3, 0.4) is 0 Å². The molecule has 0 aromatic carbocycles. The summed E-state index contributed by atoms with van der Waals surface area (Å²) in [5.41, 5.74) is 2.79. The molecular formula is C13H16N5O2S+. The fourth-order valence-electron chi connectivity index (χ4n) is 3.12. The van der Waals surface area contributed by atoms with Crippen molar-refractivity contribution in [2.45, 2.75) is 12.1 Å². The molecular weight excluding hydrogens is 290 g/mol. The van der Waals surface area contributed by atoms with Crippen molar-refractivity contribution < 1.29 is 14.9 Å². The topological polar surface area (TPSA) is 74.6 Å². The van der Waals surface area contributed by atoms with Crippen LogP contribution in [0, 0.1) is 0 Å². The van der Waals surface area contributed by atoms with Crippen LogP contribution in [0.1, 0.15) is 22.7 Å². The van der Waals surface area contributed by atoms with Crippen molar-refractivity contribution in [2.24, 2.45) is 4.99 Å². The third-order valence-electron chi connectivity index (χ3n) is 3.97. The smallest absolute Gasteiger partial charge is 0.301 e. The van der Waals surface area contributed by atoms with Crippen molar-refractivity contribution in [3.63, 3.8) is 0 Å². The number of nitrogens with zero attached hydrogens (tertiary/aromatic N) is 4. The van der Waals surface area contributed by atoms with Crippen LogP contribution in [0.2, 0.25) is 0 Å². The molecule has 1 aromatic rings. The number of hydrogen-bond acceptors (Lipinski definition) is 5. The lowest BCUT2D eigenvalue weighted by Crippen LogP contribution is -2.88. The van der Waals surface area contributed by atoms with Gasteiger partial charge in [0.15, 0.2) is 6.04 Å². The van der Waals surface area contributed by atoms with Gasteiger partial charge in [-0.3, -0.25) is 10.2 Å². The summed E-state index contributed by atoms with van der Waals surface area (Å²) in [6, 6.07) is -0.340. The lowest BCUT2D eigenvalue weighted by Gasteiger charge is -2.27. The minimum Gasteiger partial charge on any atom is -0.301 e. The Morgan fingerprint density at radius 2 is 2.52 bits per heavy atom. The van der Waals surface area contributed by atoms with E-state index in [1.54, 1.807) is 17.4 Å². The second-order valence-electron chi connectivity index (χ2n) is 5.16. The van der Waals surface area contributed by atoms with E-state index in [1.807, 2.05) is 10.4 Å². The first-order valence-corrected chi connectivity index (χ1v) is 7.83.